The Morgan fingerprint density at radius 2 is 2.15 bits per heavy atom. The minimum absolute atomic E-state index is 0. The maximum Gasteiger partial charge on any atom is 0.325 e. The summed E-state index contributed by atoms with van der Waals surface area (Å²) in [5, 5.41) is 0. The van der Waals surface area contributed by atoms with Crippen molar-refractivity contribution in [1.82, 2.24) is 0 Å². The Hall–Kier alpha value is -0.320. The molecule has 0 bridgehead atoms. The maximum absolute atomic E-state index is 10.7. The van der Waals surface area contributed by atoms with Gasteiger partial charge in [-0.2, -0.15) is 0 Å². The van der Waals surface area contributed by atoms with Gasteiger partial charge in [-0.3, -0.25) is 4.79 Å². The van der Waals surface area contributed by atoms with Gasteiger partial charge in [0, 0.05) is 6.61 Å². The summed E-state index contributed by atoms with van der Waals surface area (Å²) in [5.74, 6) is -0.425. The molecular weight excluding hydrogens is 194 g/mol. The second kappa shape index (κ2) is 9.77. The molecule has 0 saturated carbocycles. The van der Waals surface area contributed by atoms with Gasteiger partial charge in [-0.15, -0.1) is 12.4 Å². The van der Waals surface area contributed by atoms with Crippen molar-refractivity contribution in [3.05, 3.63) is 0 Å². The number of ether oxygens (including phenoxy) is 2. The molecule has 5 heteroatoms. The van der Waals surface area contributed by atoms with Crippen LogP contribution in [-0.2, 0) is 14.3 Å². The molecule has 0 heterocycles. The summed E-state index contributed by atoms with van der Waals surface area (Å²) in [6.07, 6.45) is 2.07. The van der Waals surface area contributed by atoms with Crippen LogP contribution in [0.1, 0.15) is 19.8 Å². The number of carbonyl (C=O) groups is 1. The molecule has 13 heavy (non-hydrogen) atoms. The highest BCUT2D eigenvalue weighted by molar-refractivity contribution is 5.85. The monoisotopic (exact) mass is 211 g/mol. The van der Waals surface area contributed by atoms with Gasteiger partial charge in [0.05, 0.1) is 13.7 Å². The van der Waals surface area contributed by atoms with Gasteiger partial charge in [0.1, 0.15) is 6.04 Å². The van der Waals surface area contributed by atoms with E-state index in [1.807, 2.05) is 0 Å². The first-order valence-corrected chi connectivity index (χ1v) is 4.13. The highest BCUT2D eigenvalue weighted by Gasteiger charge is 2.12. The summed E-state index contributed by atoms with van der Waals surface area (Å²) in [5.41, 5.74) is 5.41. The minimum Gasteiger partial charge on any atom is -0.468 e. The number of hydrogen-bond acceptors (Lipinski definition) is 4. The fourth-order valence-corrected chi connectivity index (χ4v) is 0.676. The summed E-state index contributed by atoms with van der Waals surface area (Å²) in [6.45, 7) is 2.97. The number of hydrogen-bond donors (Lipinski definition) is 1. The summed E-state index contributed by atoms with van der Waals surface area (Å²) in [4.78, 5) is 10.7. The fourth-order valence-electron chi connectivity index (χ4n) is 0.676. The summed E-state index contributed by atoms with van der Waals surface area (Å²) < 4.78 is 9.56. The minimum atomic E-state index is -0.646. The van der Waals surface area contributed by atoms with Gasteiger partial charge in [0.2, 0.25) is 0 Å². The van der Waals surface area contributed by atoms with E-state index in [1.54, 1.807) is 0 Å². The van der Waals surface area contributed by atoms with E-state index >= 15 is 0 Å². The van der Waals surface area contributed by atoms with E-state index in [2.05, 4.69) is 11.7 Å². The Morgan fingerprint density at radius 3 is 2.62 bits per heavy atom. The molecule has 80 valence electrons. The molecule has 1 unspecified atom stereocenters. The van der Waals surface area contributed by atoms with Crippen molar-refractivity contribution < 1.29 is 14.3 Å². The van der Waals surface area contributed by atoms with Crippen molar-refractivity contribution in [2.75, 3.05) is 20.3 Å². The molecule has 2 N–H and O–H groups in total. The van der Waals surface area contributed by atoms with Gasteiger partial charge in [-0.05, 0) is 6.42 Å². The summed E-state index contributed by atoms with van der Waals surface area (Å²) in [6, 6.07) is -0.646. The van der Waals surface area contributed by atoms with Crippen molar-refractivity contribution in [1.29, 1.82) is 0 Å². The summed E-state index contributed by atoms with van der Waals surface area (Å²) >= 11 is 0. The third-order valence-corrected chi connectivity index (χ3v) is 1.44. The van der Waals surface area contributed by atoms with Crippen molar-refractivity contribution in [2.24, 2.45) is 5.73 Å². The topological polar surface area (TPSA) is 61.5 Å². The van der Waals surface area contributed by atoms with Crippen LogP contribution in [0.4, 0.5) is 0 Å². The van der Waals surface area contributed by atoms with E-state index < -0.39 is 12.0 Å². The molecule has 0 aliphatic heterocycles. The van der Waals surface area contributed by atoms with Crippen LogP contribution in [0.3, 0.4) is 0 Å². The molecule has 0 radical (unpaired) electrons. The maximum atomic E-state index is 10.7. The first kappa shape index (κ1) is 15.2. The number of halogens is 1. The third kappa shape index (κ3) is 8.02. The highest BCUT2D eigenvalue weighted by atomic mass is 35.5. The van der Waals surface area contributed by atoms with E-state index in [0.717, 1.165) is 12.8 Å². The number of carbonyl (C=O) groups excluding carboxylic acids is 1. The molecular formula is C8H18ClNO3. The molecule has 1 atom stereocenters. The molecule has 0 aromatic carbocycles. The van der Waals surface area contributed by atoms with E-state index in [9.17, 15) is 4.79 Å². The highest BCUT2D eigenvalue weighted by Crippen LogP contribution is 1.90. The van der Waals surface area contributed by atoms with Gasteiger partial charge in [0.15, 0.2) is 0 Å². The molecule has 0 aromatic rings. The van der Waals surface area contributed by atoms with E-state index in [-0.39, 0.29) is 19.0 Å². The third-order valence-electron chi connectivity index (χ3n) is 1.44. The number of nitrogens with two attached hydrogens (primary N) is 1. The van der Waals surface area contributed by atoms with Crippen LogP contribution in [0.15, 0.2) is 0 Å². The van der Waals surface area contributed by atoms with Crippen molar-refractivity contribution in [2.45, 2.75) is 25.8 Å². The van der Waals surface area contributed by atoms with Gasteiger partial charge in [0.25, 0.3) is 0 Å². The smallest absolute Gasteiger partial charge is 0.325 e. The lowest BCUT2D eigenvalue weighted by Crippen LogP contribution is -2.36. The molecule has 0 aliphatic carbocycles. The first-order valence-electron chi connectivity index (χ1n) is 4.13. The van der Waals surface area contributed by atoms with Crippen LogP contribution in [0, 0.1) is 0 Å². The first-order chi connectivity index (χ1) is 5.72. The van der Waals surface area contributed by atoms with Gasteiger partial charge in [-0.25, -0.2) is 0 Å². The van der Waals surface area contributed by atoms with E-state index in [4.69, 9.17) is 10.5 Å². The van der Waals surface area contributed by atoms with Crippen LogP contribution >= 0.6 is 12.4 Å². The molecule has 0 saturated heterocycles. The number of esters is 1. The fraction of sp³-hybridized carbons (Fsp3) is 0.875. The lowest BCUT2D eigenvalue weighted by Gasteiger charge is -2.08. The predicted molar refractivity (Wildman–Crippen MR) is 53.0 cm³/mol. The standard InChI is InChI=1S/C8H17NO3.ClH/c1-3-4-5-12-6-7(9)8(10)11-2;/h7H,3-6,9H2,1-2H3;1H. The Kier molecular flexibility index (Phi) is 11.4. The van der Waals surface area contributed by atoms with Crippen LogP contribution in [0.25, 0.3) is 0 Å². The second-order valence-electron chi connectivity index (χ2n) is 2.56. The molecule has 0 aliphatic rings. The van der Waals surface area contributed by atoms with Gasteiger partial charge < -0.3 is 15.2 Å². The molecule has 0 spiro atoms. The Morgan fingerprint density at radius 1 is 1.54 bits per heavy atom. The average molecular weight is 212 g/mol. The van der Waals surface area contributed by atoms with Crippen LogP contribution in [-0.4, -0.2) is 32.3 Å². The molecule has 0 aromatic heterocycles. The zero-order valence-electron chi connectivity index (χ0n) is 8.12. The normalized spacial score (nSPS) is 11.6. The van der Waals surface area contributed by atoms with Crippen LogP contribution < -0.4 is 5.73 Å². The van der Waals surface area contributed by atoms with Crippen molar-refractivity contribution >= 4 is 18.4 Å². The summed E-state index contributed by atoms with van der Waals surface area (Å²) in [7, 11) is 1.31. The quantitative estimate of drug-likeness (QED) is 0.520. The number of unbranched alkanes of at least 4 members (excludes halogenated alkanes) is 1. The Bertz CT molecular complexity index is 133. The largest absolute Gasteiger partial charge is 0.468 e. The van der Waals surface area contributed by atoms with Crippen molar-refractivity contribution in [3.8, 4) is 0 Å². The Balaban J connectivity index is 0. The van der Waals surface area contributed by atoms with Crippen molar-refractivity contribution in [3.63, 3.8) is 0 Å². The van der Waals surface area contributed by atoms with Gasteiger partial charge >= 0.3 is 5.97 Å². The van der Waals surface area contributed by atoms with Crippen LogP contribution in [0.2, 0.25) is 0 Å². The van der Waals surface area contributed by atoms with Gasteiger partial charge in [-0.1, -0.05) is 13.3 Å². The van der Waals surface area contributed by atoms with Crippen LogP contribution in [0.5, 0.6) is 0 Å². The molecule has 0 rings (SSSR count). The van der Waals surface area contributed by atoms with E-state index in [1.165, 1.54) is 7.11 Å². The molecule has 4 nitrogen and oxygen atoms in total. The Labute approximate surface area is 85.2 Å². The average Bonchev–Trinajstić information content (AvgIpc) is 2.10. The molecule has 0 fully saturated rings. The second-order valence-corrected chi connectivity index (χ2v) is 2.56. The zero-order chi connectivity index (χ0) is 9.40. The number of rotatable bonds is 6. The number of methoxy groups -OCH3 is 1. The lowest BCUT2D eigenvalue weighted by atomic mass is 10.3. The van der Waals surface area contributed by atoms with E-state index in [0.29, 0.717) is 6.61 Å². The molecule has 0 amide bonds. The predicted octanol–water partition coefficient (Wildman–Crippen LogP) is 0.725. The lowest BCUT2D eigenvalue weighted by molar-refractivity contribution is -0.143. The zero-order valence-corrected chi connectivity index (χ0v) is 8.93. The SMILES string of the molecule is CCCCOCC(N)C(=O)OC.Cl.